The van der Waals surface area contributed by atoms with Crippen LogP contribution in [0.25, 0.3) is 11.5 Å². The molecule has 0 spiro atoms. The van der Waals surface area contributed by atoms with E-state index >= 15 is 0 Å². The Morgan fingerprint density at radius 1 is 1.20 bits per heavy atom. The normalized spacial score (nSPS) is 14.6. The summed E-state index contributed by atoms with van der Waals surface area (Å²) in [4.78, 5) is 14.4. The van der Waals surface area contributed by atoms with E-state index in [4.69, 9.17) is 10.2 Å². The van der Waals surface area contributed by atoms with Crippen LogP contribution in [0.4, 0.5) is 13.2 Å². The highest BCUT2D eigenvalue weighted by Gasteiger charge is 2.27. The summed E-state index contributed by atoms with van der Waals surface area (Å²) in [6, 6.07) is 4.14. The second-order valence-corrected chi connectivity index (χ2v) is 7.36. The Labute approximate surface area is 170 Å². The van der Waals surface area contributed by atoms with E-state index in [0.717, 1.165) is 17.5 Å². The molecule has 1 aliphatic rings. The monoisotopic (exact) mass is 419 g/mol. The van der Waals surface area contributed by atoms with Crippen LogP contribution in [0.15, 0.2) is 28.7 Å². The molecule has 2 N–H and O–H groups in total. The molecule has 7 nitrogen and oxygen atoms in total. The van der Waals surface area contributed by atoms with Crippen LogP contribution in [-0.2, 0) is 24.3 Å². The molecule has 4 rings (SSSR count). The van der Waals surface area contributed by atoms with Gasteiger partial charge in [0.05, 0.1) is 18.8 Å². The van der Waals surface area contributed by atoms with Gasteiger partial charge in [-0.05, 0) is 37.1 Å². The lowest BCUT2D eigenvalue weighted by Gasteiger charge is -2.28. The molecule has 0 aliphatic carbocycles. The second kappa shape index (κ2) is 7.94. The first-order valence-electron chi connectivity index (χ1n) is 9.47. The molecule has 2 aromatic heterocycles. The number of fused-ring (bicyclic) bond motifs is 1. The van der Waals surface area contributed by atoms with Crippen molar-refractivity contribution >= 4 is 5.91 Å². The van der Waals surface area contributed by atoms with E-state index in [2.05, 4.69) is 10.3 Å². The number of amides is 1. The van der Waals surface area contributed by atoms with Gasteiger partial charge >= 0.3 is 0 Å². The van der Waals surface area contributed by atoms with Gasteiger partial charge in [0.15, 0.2) is 23.1 Å². The number of rotatable bonds is 5. The Kier molecular flexibility index (Phi) is 5.33. The Balaban J connectivity index is 1.43. The van der Waals surface area contributed by atoms with E-state index in [9.17, 15) is 18.0 Å². The van der Waals surface area contributed by atoms with Crippen molar-refractivity contribution in [3.63, 3.8) is 0 Å². The number of carbonyl (C=O) groups excluding carboxylic acids is 1. The summed E-state index contributed by atoms with van der Waals surface area (Å²) in [5, 5.41) is 8.28. The maximum absolute atomic E-state index is 13.8. The molecule has 0 saturated heterocycles. The van der Waals surface area contributed by atoms with Gasteiger partial charge < -0.3 is 15.1 Å². The molecular formula is C20H20F3N5O2. The lowest BCUT2D eigenvalue weighted by atomic mass is 10.0. The Morgan fingerprint density at radius 3 is 2.70 bits per heavy atom. The number of furan rings is 1. The molecule has 1 aliphatic heterocycles. The minimum atomic E-state index is -1.26. The average molecular weight is 419 g/mol. The van der Waals surface area contributed by atoms with Crippen molar-refractivity contribution in [2.24, 2.45) is 5.73 Å². The molecule has 3 heterocycles. The van der Waals surface area contributed by atoms with Crippen LogP contribution >= 0.6 is 0 Å². The van der Waals surface area contributed by atoms with Gasteiger partial charge in [-0.15, -0.1) is 5.10 Å². The van der Waals surface area contributed by atoms with Gasteiger partial charge in [-0.25, -0.2) is 17.9 Å². The summed E-state index contributed by atoms with van der Waals surface area (Å²) in [6.45, 7) is 3.01. The van der Waals surface area contributed by atoms with E-state index in [1.165, 1.54) is 0 Å². The molecule has 1 atom stereocenters. The van der Waals surface area contributed by atoms with Gasteiger partial charge in [0.25, 0.3) is 0 Å². The maximum Gasteiger partial charge on any atom is 0.224 e. The third kappa shape index (κ3) is 3.95. The first-order valence-corrected chi connectivity index (χ1v) is 9.47. The van der Waals surface area contributed by atoms with E-state index in [1.54, 1.807) is 15.6 Å². The van der Waals surface area contributed by atoms with Crippen LogP contribution in [0.1, 0.15) is 23.4 Å². The maximum atomic E-state index is 13.8. The van der Waals surface area contributed by atoms with Crippen molar-refractivity contribution in [1.29, 1.82) is 0 Å². The summed E-state index contributed by atoms with van der Waals surface area (Å²) in [7, 11) is 0. The first kappa shape index (κ1) is 20.1. The minimum absolute atomic E-state index is 0.0603. The highest BCUT2D eigenvalue weighted by molar-refractivity contribution is 5.77. The van der Waals surface area contributed by atoms with E-state index in [0.29, 0.717) is 30.6 Å². The number of halogens is 3. The molecule has 0 bridgehead atoms. The van der Waals surface area contributed by atoms with Gasteiger partial charge in [0.2, 0.25) is 5.91 Å². The van der Waals surface area contributed by atoms with E-state index in [-0.39, 0.29) is 30.9 Å². The highest BCUT2D eigenvalue weighted by Crippen LogP contribution is 2.26. The van der Waals surface area contributed by atoms with Gasteiger partial charge in [-0.2, -0.15) is 0 Å². The SMILES string of the molecule is Cc1ccc(-c2nnn3c2CN(C(=O)C[C@H](N)Cc2cc(F)c(F)cc2F)CC3)o1. The third-order valence-corrected chi connectivity index (χ3v) is 5.09. The lowest BCUT2D eigenvalue weighted by Crippen LogP contribution is -2.41. The fraction of sp³-hybridized carbons (Fsp3) is 0.350. The van der Waals surface area contributed by atoms with Crippen molar-refractivity contribution in [2.75, 3.05) is 6.54 Å². The van der Waals surface area contributed by atoms with Crippen LogP contribution < -0.4 is 5.73 Å². The van der Waals surface area contributed by atoms with Gasteiger partial charge in [0.1, 0.15) is 11.6 Å². The molecule has 1 aromatic carbocycles. The summed E-state index contributed by atoms with van der Waals surface area (Å²) >= 11 is 0. The molecule has 158 valence electrons. The zero-order valence-corrected chi connectivity index (χ0v) is 16.2. The van der Waals surface area contributed by atoms with Gasteiger partial charge in [0, 0.05) is 25.1 Å². The third-order valence-electron chi connectivity index (χ3n) is 5.09. The van der Waals surface area contributed by atoms with Gasteiger partial charge in [-0.1, -0.05) is 5.21 Å². The highest BCUT2D eigenvalue weighted by atomic mass is 19.2. The zero-order valence-electron chi connectivity index (χ0n) is 16.2. The standard InChI is InChI=1S/C20H20F3N5O2/c1-11-2-3-18(30-11)20-17-10-27(4-5-28(17)26-25-20)19(29)8-13(24)6-12-7-15(22)16(23)9-14(12)21/h2-3,7,9,13H,4-6,8,10,24H2,1H3/t13-/m1/s1. The van der Waals surface area contributed by atoms with Gasteiger partial charge in [-0.3, -0.25) is 4.79 Å². The van der Waals surface area contributed by atoms with Crippen molar-refractivity contribution in [2.45, 2.75) is 38.9 Å². The number of benzene rings is 1. The number of carbonyl (C=O) groups is 1. The number of nitrogens with zero attached hydrogens (tertiary/aromatic N) is 4. The predicted molar refractivity (Wildman–Crippen MR) is 100 cm³/mol. The number of hydrogen-bond acceptors (Lipinski definition) is 5. The number of aromatic nitrogens is 3. The largest absolute Gasteiger partial charge is 0.460 e. The molecule has 1 amide bonds. The molecule has 0 unspecified atom stereocenters. The fourth-order valence-corrected chi connectivity index (χ4v) is 3.54. The number of hydrogen-bond donors (Lipinski definition) is 1. The molecule has 0 radical (unpaired) electrons. The van der Waals surface area contributed by atoms with E-state index < -0.39 is 23.5 Å². The average Bonchev–Trinajstić information content (AvgIpc) is 3.31. The molecule has 0 saturated carbocycles. The Morgan fingerprint density at radius 2 is 1.97 bits per heavy atom. The summed E-state index contributed by atoms with van der Waals surface area (Å²) in [5.74, 6) is -2.20. The van der Waals surface area contributed by atoms with E-state index in [1.807, 2.05) is 13.0 Å². The summed E-state index contributed by atoms with van der Waals surface area (Å²) < 4.78 is 47.6. The summed E-state index contributed by atoms with van der Waals surface area (Å²) in [6.07, 6.45) is -0.145. The predicted octanol–water partition coefficient (Wildman–Crippen LogP) is 2.57. The quantitative estimate of drug-likeness (QED) is 0.642. The number of aryl methyl sites for hydroxylation is 1. The smallest absolute Gasteiger partial charge is 0.224 e. The number of nitrogens with two attached hydrogens (primary N) is 1. The van der Waals surface area contributed by atoms with Crippen LogP contribution in [0, 0.1) is 24.4 Å². The topological polar surface area (TPSA) is 90.2 Å². The molecular weight excluding hydrogens is 399 g/mol. The Hall–Kier alpha value is -3.14. The van der Waals surface area contributed by atoms with Crippen molar-refractivity contribution < 1.29 is 22.4 Å². The van der Waals surface area contributed by atoms with Crippen molar-refractivity contribution in [1.82, 2.24) is 19.9 Å². The van der Waals surface area contributed by atoms with Crippen LogP contribution in [0.3, 0.4) is 0 Å². The fourth-order valence-electron chi connectivity index (χ4n) is 3.54. The first-order chi connectivity index (χ1) is 14.3. The van der Waals surface area contributed by atoms with Crippen LogP contribution in [0.5, 0.6) is 0 Å². The van der Waals surface area contributed by atoms with Crippen molar-refractivity contribution in [3.05, 3.63) is 58.7 Å². The lowest BCUT2D eigenvalue weighted by molar-refractivity contribution is -0.133. The second-order valence-electron chi connectivity index (χ2n) is 7.36. The Bertz CT molecular complexity index is 1090. The van der Waals surface area contributed by atoms with Crippen LogP contribution in [0.2, 0.25) is 0 Å². The summed E-state index contributed by atoms with van der Waals surface area (Å²) in [5.41, 5.74) is 7.26. The minimum Gasteiger partial charge on any atom is -0.460 e. The molecule has 3 aromatic rings. The van der Waals surface area contributed by atoms with Crippen molar-refractivity contribution in [3.8, 4) is 11.5 Å². The molecule has 30 heavy (non-hydrogen) atoms. The van der Waals surface area contributed by atoms with Crippen LogP contribution in [-0.4, -0.2) is 38.4 Å². The zero-order chi connectivity index (χ0) is 21.4. The molecule has 10 heteroatoms. The molecule has 0 fully saturated rings.